The smallest absolute Gasteiger partial charge is 0.0711 e. The lowest BCUT2D eigenvalue weighted by atomic mass is 9.64. The van der Waals surface area contributed by atoms with E-state index in [-0.39, 0.29) is 0 Å². The van der Waals surface area contributed by atoms with Gasteiger partial charge in [0.15, 0.2) is 0 Å². The van der Waals surface area contributed by atoms with Crippen LogP contribution in [-0.2, 0) is 4.74 Å². The Morgan fingerprint density at radius 1 is 1.00 bits per heavy atom. The summed E-state index contributed by atoms with van der Waals surface area (Å²) < 4.78 is 5.68. The van der Waals surface area contributed by atoms with Gasteiger partial charge in [-0.3, -0.25) is 4.90 Å². The summed E-state index contributed by atoms with van der Waals surface area (Å²) in [5.41, 5.74) is 0.425. The zero-order chi connectivity index (χ0) is 12.6. The number of ether oxygens (including phenoxy) is 1. The molecule has 104 valence electrons. The van der Waals surface area contributed by atoms with Crippen LogP contribution >= 0.6 is 0 Å². The molecular weight excluding hydrogens is 222 g/mol. The molecule has 1 aliphatic carbocycles. The molecule has 0 bridgehead atoms. The van der Waals surface area contributed by atoms with Crippen LogP contribution < -0.4 is 0 Å². The second-order valence-corrected chi connectivity index (χ2v) is 7.03. The molecule has 2 heterocycles. The molecule has 18 heavy (non-hydrogen) atoms. The lowest BCUT2D eigenvalue weighted by molar-refractivity contribution is -0.209. The molecule has 0 aromatic heterocycles. The Morgan fingerprint density at radius 3 is 2.33 bits per heavy atom. The van der Waals surface area contributed by atoms with Crippen LogP contribution in [0.3, 0.4) is 0 Å². The van der Waals surface area contributed by atoms with Crippen molar-refractivity contribution in [2.75, 3.05) is 19.8 Å². The number of hydrogen-bond acceptors (Lipinski definition) is 2. The Bertz CT molecular complexity index is 285. The van der Waals surface area contributed by atoms with Gasteiger partial charge < -0.3 is 4.74 Å². The van der Waals surface area contributed by atoms with Gasteiger partial charge >= 0.3 is 0 Å². The minimum Gasteiger partial charge on any atom is -0.377 e. The minimum atomic E-state index is 0.425. The van der Waals surface area contributed by atoms with E-state index >= 15 is 0 Å². The fraction of sp³-hybridized carbons (Fsp3) is 1.00. The van der Waals surface area contributed by atoms with Crippen LogP contribution in [0.4, 0.5) is 0 Å². The highest BCUT2D eigenvalue weighted by Gasteiger charge is 2.55. The van der Waals surface area contributed by atoms with Crippen molar-refractivity contribution in [1.82, 2.24) is 4.90 Å². The molecule has 0 N–H and O–H groups in total. The standard InChI is InChI=1S/C16H29NO/c1-13(2)17-10-9-14-7-5-3-4-6-8-15(14)16(17)11-18-12-16/h13-15H,3-12H2,1-2H3. The third-order valence-electron chi connectivity index (χ3n) is 5.74. The van der Waals surface area contributed by atoms with Crippen molar-refractivity contribution in [3.05, 3.63) is 0 Å². The van der Waals surface area contributed by atoms with Crippen molar-refractivity contribution in [3.63, 3.8) is 0 Å². The molecule has 3 aliphatic rings. The maximum absolute atomic E-state index is 5.68. The normalized spacial score (nSPS) is 36.8. The van der Waals surface area contributed by atoms with E-state index in [9.17, 15) is 0 Å². The van der Waals surface area contributed by atoms with Gasteiger partial charge in [-0.1, -0.05) is 32.1 Å². The van der Waals surface area contributed by atoms with Crippen molar-refractivity contribution in [3.8, 4) is 0 Å². The number of fused-ring (bicyclic) bond motifs is 2. The van der Waals surface area contributed by atoms with E-state index in [0.717, 1.165) is 25.0 Å². The average Bonchev–Trinajstić information content (AvgIpc) is 2.26. The minimum absolute atomic E-state index is 0.425. The Morgan fingerprint density at radius 2 is 1.72 bits per heavy atom. The first-order valence-corrected chi connectivity index (χ1v) is 8.08. The van der Waals surface area contributed by atoms with Gasteiger partial charge in [-0.15, -0.1) is 0 Å². The molecule has 2 atom stereocenters. The molecule has 2 heteroatoms. The zero-order valence-electron chi connectivity index (χ0n) is 12.2. The topological polar surface area (TPSA) is 12.5 Å². The molecule has 1 saturated carbocycles. The highest BCUT2D eigenvalue weighted by Crippen LogP contribution is 2.48. The highest BCUT2D eigenvalue weighted by molar-refractivity contribution is 5.07. The molecular formula is C16H29NO. The second-order valence-electron chi connectivity index (χ2n) is 7.03. The molecule has 0 amide bonds. The van der Waals surface area contributed by atoms with Crippen molar-refractivity contribution in [1.29, 1.82) is 0 Å². The molecule has 3 rings (SSSR count). The van der Waals surface area contributed by atoms with Crippen molar-refractivity contribution in [2.45, 2.75) is 70.4 Å². The Kier molecular flexibility index (Phi) is 3.68. The van der Waals surface area contributed by atoms with E-state index in [0.29, 0.717) is 11.6 Å². The van der Waals surface area contributed by atoms with Gasteiger partial charge in [0.05, 0.1) is 18.8 Å². The summed E-state index contributed by atoms with van der Waals surface area (Å²) in [5.74, 6) is 1.91. The predicted octanol–water partition coefficient (Wildman–Crippen LogP) is 3.46. The highest BCUT2D eigenvalue weighted by atomic mass is 16.5. The maximum Gasteiger partial charge on any atom is 0.0711 e. The van der Waals surface area contributed by atoms with Gasteiger partial charge in [0, 0.05) is 6.04 Å². The van der Waals surface area contributed by atoms with E-state index in [1.165, 1.54) is 51.5 Å². The van der Waals surface area contributed by atoms with Crippen molar-refractivity contribution < 1.29 is 4.74 Å². The van der Waals surface area contributed by atoms with E-state index in [4.69, 9.17) is 4.74 Å². The molecule has 3 fully saturated rings. The molecule has 2 unspecified atom stereocenters. The fourth-order valence-electron chi connectivity index (χ4n) is 4.82. The Hall–Kier alpha value is -0.0800. The first-order valence-electron chi connectivity index (χ1n) is 8.08. The molecule has 2 aliphatic heterocycles. The van der Waals surface area contributed by atoms with E-state index in [2.05, 4.69) is 18.7 Å². The van der Waals surface area contributed by atoms with Crippen LogP contribution in [0, 0.1) is 11.8 Å². The van der Waals surface area contributed by atoms with Crippen molar-refractivity contribution >= 4 is 0 Å². The summed E-state index contributed by atoms with van der Waals surface area (Å²) >= 11 is 0. The zero-order valence-corrected chi connectivity index (χ0v) is 12.2. The van der Waals surface area contributed by atoms with Crippen LogP contribution in [0.1, 0.15) is 58.8 Å². The van der Waals surface area contributed by atoms with Crippen LogP contribution in [0.2, 0.25) is 0 Å². The fourth-order valence-corrected chi connectivity index (χ4v) is 4.82. The molecule has 2 nitrogen and oxygen atoms in total. The molecule has 0 aromatic carbocycles. The van der Waals surface area contributed by atoms with Gasteiger partial charge in [-0.2, -0.15) is 0 Å². The van der Waals surface area contributed by atoms with E-state index < -0.39 is 0 Å². The summed E-state index contributed by atoms with van der Waals surface area (Å²) in [5, 5.41) is 0. The van der Waals surface area contributed by atoms with Crippen LogP contribution in [-0.4, -0.2) is 36.2 Å². The van der Waals surface area contributed by atoms with Gasteiger partial charge in [0.25, 0.3) is 0 Å². The first kappa shape index (κ1) is 12.9. The Balaban J connectivity index is 1.82. The Labute approximate surface area is 112 Å². The van der Waals surface area contributed by atoms with Crippen LogP contribution in [0.15, 0.2) is 0 Å². The van der Waals surface area contributed by atoms with Gasteiger partial charge in [0.2, 0.25) is 0 Å². The molecule has 1 spiro atoms. The molecule has 0 radical (unpaired) electrons. The van der Waals surface area contributed by atoms with Crippen LogP contribution in [0.5, 0.6) is 0 Å². The predicted molar refractivity (Wildman–Crippen MR) is 74.7 cm³/mol. The summed E-state index contributed by atoms with van der Waals surface area (Å²) in [6.45, 7) is 8.05. The lowest BCUT2D eigenvalue weighted by Crippen LogP contribution is -2.71. The number of rotatable bonds is 1. The largest absolute Gasteiger partial charge is 0.377 e. The molecule has 2 saturated heterocycles. The van der Waals surface area contributed by atoms with E-state index in [1.807, 2.05) is 0 Å². The van der Waals surface area contributed by atoms with Crippen molar-refractivity contribution in [2.24, 2.45) is 11.8 Å². The number of hydrogen-bond donors (Lipinski definition) is 0. The van der Waals surface area contributed by atoms with Gasteiger partial charge in [-0.25, -0.2) is 0 Å². The summed E-state index contributed by atoms with van der Waals surface area (Å²) in [4.78, 5) is 2.78. The van der Waals surface area contributed by atoms with E-state index in [1.54, 1.807) is 0 Å². The summed E-state index contributed by atoms with van der Waals surface area (Å²) in [6, 6.07) is 0.681. The maximum atomic E-state index is 5.68. The average molecular weight is 251 g/mol. The lowest BCUT2D eigenvalue weighted by Gasteiger charge is -2.61. The SMILES string of the molecule is CC(C)N1CCC2CCCCCCC2C12COC2. The number of piperidine rings is 1. The summed E-state index contributed by atoms with van der Waals surface area (Å²) in [6.07, 6.45) is 10.2. The first-order chi connectivity index (χ1) is 8.74. The second kappa shape index (κ2) is 5.13. The quantitative estimate of drug-likeness (QED) is 0.707. The summed E-state index contributed by atoms with van der Waals surface area (Å²) in [7, 11) is 0. The van der Waals surface area contributed by atoms with Gasteiger partial charge in [0.1, 0.15) is 0 Å². The molecule has 0 aromatic rings. The third kappa shape index (κ3) is 2.02. The van der Waals surface area contributed by atoms with Gasteiger partial charge in [-0.05, 0) is 45.1 Å². The number of nitrogens with zero attached hydrogens (tertiary/aromatic N) is 1. The third-order valence-corrected chi connectivity index (χ3v) is 5.74. The van der Waals surface area contributed by atoms with Crippen LogP contribution in [0.25, 0.3) is 0 Å². The number of likely N-dealkylation sites (tertiary alicyclic amines) is 1. The monoisotopic (exact) mass is 251 g/mol.